The SMILES string of the molecule is CC(=O)Nc1ccc(NC(=O)C(C)Oc2cc(Cl)cc(Cl)c2)cc1. The van der Waals surface area contributed by atoms with E-state index in [2.05, 4.69) is 10.6 Å². The molecule has 0 fully saturated rings. The smallest absolute Gasteiger partial charge is 0.265 e. The number of amides is 2. The van der Waals surface area contributed by atoms with E-state index < -0.39 is 6.10 Å². The Balaban J connectivity index is 1.97. The van der Waals surface area contributed by atoms with Gasteiger partial charge in [0.25, 0.3) is 5.91 Å². The van der Waals surface area contributed by atoms with Gasteiger partial charge in [-0.3, -0.25) is 9.59 Å². The Bertz CT molecular complexity index is 728. The summed E-state index contributed by atoms with van der Waals surface area (Å²) in [5.74, 6) is -0.0662. The highest BCUT2D eigenvalue weighted by Gasteiger charge is 2.15. The van der Waals surface area contributed by atoms with Crippen molar-refractivity contribution in [3.05, 3.63) is 52.5 Å². The van der Waals surface area contributed by atoms with E-state index in [1.54, 1.807) is 49.4 Å². The van der Waals surface area contributed by atoms with Gasteiger partial charge < -0.3 is 15.4 Å². The van der Waals surface area contributed by atoms with Crippen LogP contribution in [-0.2, 0) is 9.59 Å². The van der Waals surface area contributed by atoms with Crippen LogP contribution in [0.4, 0.5) is 11.4 Å². The van der Waals surface area contributed by atoms with Crippen molar-refractivity contribution in [2.75, 3.05) is 10.6 Å². The molecule has 0 aliphatic rings. The molecule has 2 N–H and O–H groups in total. The molecule has 2 aromatic carbocycles. The number of hydrogen-bond acceptors (Lipinski definition) is 3. The molecule has 2 rings (SSSR count). The summed E-state index contributed by atoms with van der Waals surface area (Å²) in [5.41, 5.74) is 1.24. The summed E-state index contributed by atoms with van der Waals surface area (Å²) in [7, 11) is 0. The lowest BCUT2D eigenvalue weighted by Gasteiger charge is -2.15. The topological polar surface area (TPSA) is 67.4 Å². The molecule has 0 aliphatic carbocycles. The summed E-state index contributed by atoms with van der Waals surface area (Å²) in [4.78, 5) is 23.1. The average Bonchev–Trinajstić information content (AvgIpc) is 2.47. The van der Waals surface area contributed by atoms with Gasteiger partial charge >= 0.3 is 0 Å². The Morgan fingerprint density at radius 2 is 1.46 bits per heavy atom. The summed E-state index contributed by atoms with van der Waals surface area (Å²) in [6, 6.07) is 11.5. The number of ether oxygens (including phenoxy) is 1. The molecule has 0 saturated heterocycles. The van der Waals surface area contributed by atoms with Crippen LogP contribution in [0.3, 0.4) is 0 Å². The lowest BCUT2D eigenvalue weighted by atomic mass is 10.2. The molecule has 126 valence electrons. The van der Waals surface area contributed by atoms with Crippen molar-refractivity contribution in [1.82, 2.24) is 0 Å². The lowest BCUT2D eigenvalue weighted by molar-refractivity contribution is -0.122. The van der Waals surface area contributed by atoms with E-state index in [1.165, 1.54) is 6.92 Å². The molecule has 7 heteroatoms. The maximum Gasteiger partial charge on any atom is 0.265 e. The molecule has 0 saturated carbocycles. The molecule has 2 amide bonds. The van der Waals surface area contributed by atoms with E-state index in [-0.39, 0.29) is 11.8 Å². The van der Waals surface area contributed by atoms with E-state index in [9.17, 15) is 9.59 Å². The monoisotopic (exact) mass is 366 g/mol. The molecule has 0 radical (unpaired) electrons. The van der Waals surface area contributed by atoms with Crippen LogP contribution in [0, 0.1) is 0 Å². The number of anilines is 2. The first-order valence-corrected chi connectivity index (χ1v) is 7.90. The Morgan fingerprint density at radius 3 is 1.96 bits per heavy atom. The second-order valence-electron chi connectivity index (χ2n) is 5.11. The van der Waals surface area contributed by atoms with Crippen molar-refractivity contribution in [2.24, 2.45) is 0 Å². The lowest BCUT2D eigenvalue weighted by Crippen LogP contribution is -2.30. The predicted molar refractivity (Wildman–Crippen MR) is 95.9 cm³/mol. The minimum atomic E-state index is -0.741. The third-order valence-electron chi connectivity index (χ3n) is 2.99. The standard InChI is InChI=1S/C17H16Cl2N2O3/c1-10(24-16-8-12(18)7-13(19)9-16)17(23)21-15-5-3-14(4-6-15)20-11(2)22/h3-10H,1-2H3,(H,20,22)(H,21,23). The maximum absolute atomic E-state index is 12.2. The van der Waals surface area contributed by atoms with Crippen molar-refractivity contribution in [2.45, 2.75) is 20.0 Å². The van der Waals surface area contributed by atoms with E-state index in [1.807, 2.05) is 0 Å². The second kappa shape index (κ2) is 8.04. The summed E-state index contributed by atoms with van der Waals surface area (Å²) in [6.45, 7) is 3.05. The Labute approximate surface area is 149 Å². The molecule has 0 aromatic heterocycles. The van der Waals surface area contributed by atoms with Gasteiger partial charge in [0.05, 0.1) is 0 Å². The number of rotatable bonds is 5. The minimum absolute atomic E-state index is 0.158. The summed E-state index contributed by atoms with van der Waals surface area (Å²) in [5, 5.41) is 6.24. The number of nitrogens with one attached hydrogen (secondary N) is 2. The molecule has 1 unspecified atom stereocenters. The number of carbonyl (C=O) groups is 2. The van der Waals surface area contributed by atoms with Crippen molar-refractivity contribution in [1.29, 1.82) is 0 Å². The van der Waals surface area contributed by atoms with Gasteiger partial charge in [0, 0.05) is 28.3 Å². The first kappa shape index (κ1) is 18.1. The van der Waals surface area contributed by atoms with Crippen LogP contribution in [0.2, 0.25) is 10.0 Å². The van der Waals surface area contributed by atoms with Crippen molar-refractivity contribution < 1.29 is 14.3 Å². The first-order valence-electron chi connectivity index (χ1n) is 7.15. The van der Waals surface area contributed by atoms with Crippen LogP contribution < -0.4 is 15.4 Å². The van der Waals surface area contributed by atoms with Gasteiger partial charge in [-0.15, -0.1) is 0 Å². The van der Waals surface area contributed by atoms with Gasteiger partial charge in [-0.25, -0.2) is 0 Å². The van der Waals surface area contributed by atoms with Gasteiger partial charge in [-0.2, -0.15) is 0 Å². The molecular formula is C17H16Cl2N2O3. The number of carbonyl (C=O) groups excluding carboxylic acids is 2. The van der Waals surface area contributed by atoms with Crippen LogP contribution in [0.25, 0.3) is 0 Å². The number of benzene rings is 2. The molecule has 0 bridgehead atoms. The van der Waals surface area contributed by atoms with Crippen LogP contribution in [0.5, 0.6) is 5.75 Å². The summed E-state index contributed by atoms with van der Waals surface area (Å²) >= 11 is 11.8. The van der Waals surface area contributed by atoms with Crippen LogP contribution in [0.1, 0.15) is 13.8 Å². The highest BCUT2D eigenvalue weighted by Crippen LogP contribution is 2.25. The first-order chi connectivity index (χ1) is 11.3. The van der Waals surface area contributed by atoms with Gasteiger partial charge in [0.1, 0.15) is 5.75 Å². The van der Waals surface area contributed by atoms with E-state index in [0.29, 0.717) is 27.2 Å². The highest BCUT2D eigenvalue weighted by atomic mass is 35.5. The Kier molecular flexibility index (Phi) is 6.06. The van der Waals surface area contributed by atoms with Crippen molar-refractivity contribution >= 4 is 46.4 Å². The molecule has 24 heavy (non-hydrogen) atoms. The van der Waals surface area contributed by atoms with Crippen molar-refractivity contribution in [3.63, 3.8) is 0 Å². The Hall–Kier alpha value is -2.24. The van der Waals surface area contributed by atoms with Gasteiger partial charge in [0.15, 0.2) is 6.10 Å². The summed E-state index contributed by atoms with van der Waals surface area (Å²) in [6.07, 6.45) is -0.741. The van der Waals surface area contributed by atoms with Crippen LogP contribution in [0.15, 0.2) is 42.5 Å². The van der Waals surface area contributed by atoms with E-state index in [4.69, 9.17) is 27.9 Å². The zero-order valence-electron chi connectivity index (χ0n) is 13.1. The third kappa shape index (κ3) is 5.44. The van der Waals surface area contributed by atoms with Crippen LogP contribution in [-0.4, -0.2) is 17.9 Å². The molecular weight excluding hydrogens is 351 g/mol. The van der Waals surface area contributed by atoms with Crippen LogP contribution >= 0.6 is 23.2 Å². The van der Waals surface area contributed by atoms with Gasteiger partial charge in [0.2, 0.25) is 5.91 Å². The fourth-order valence-corrected chi connectivity index (χ4v) is 2.44. The highest BCUT2D eigenvalue weighted by molar-refractivity contribution is 6.34. The molecule has 0 heterocycles. The minimum Gasteiger partial charge on any atom is -0.481 e. The van der Waals surface area contributed by atoms with Crippen molar-refractivity contribution in [3.8, 4) is 5.75 Å². The van der Waals surface area contributed by atoms with Gasteiger partial charge in [-0.1, -0.05) is 23.2 Å². The van der Waals surface area contributed by atoms with E-state index in [0.717, 1.165) is 0 Å². The van der Waals surface area contributed by atoms with E-state index >= 15 is 0 Å². The molecule has 2 aromatic rings. The normalized spacial score (nSPS) is 11.5. The number of hydrogen-bond donors (Lipinski definition) is 2. The predicted octanol–water partition coefficient (Wildman–Crippen LogP) is 4.36. The maximum atomic E-state index is 12.2. The molecule has 1 atom stereocenters. The van der Waals surface area contributed by atoms with Gasteiger partial charge in [-0.05, 0) is 49.4 Å². The largest absolute Gasteiger partial charge is 0.481 e. The quantitative estimate of drug-likeness (QED) is 0.825. The fourth-order valence-electron chi connectivity index (χ4n) is 1.94. The average molecular weight is 367 g/mol. The molecule has 0 aliphatic heterocycles. The molecule has 5 nitrogen and oxygen atoms in total. The zero-order chi connectivity index (χ0) is 17.7. The zero-order valence-corrected chi connectivity index (χ0v) is 14.6. The fraction of sp³-hybridized carbons (Fsp3) is 0.176. The number of halogens is 2. The Morgan fingerprint density at radius 1 is 0.958 bits per heavy atom. The molecule has 0 spiro atoms. The third-order valence-corrected chi connectivity index (χ3v) is 3.43. The summed E-state index contributed by atoms with van der Waals surface area (Å²) < 4.78 is 5.55. The second-order valence-corrected chi connectivity index (χ2v) is 5.99.